The predicted octanol–water partition coefficient (Wildman–Crippen LogP) is 3.46. The zero-order chi connectivity index (χ0) is 20.0. The van der Waals surface area contributed by atoms with Gasteiger partial charge in [0.2, 0.25) is 5.91 Å². The van der Waals surface area contributed by atoms with Gasteiger partial charge in [0.05, 0.1) is 13.2 Å². The summed E-state index contributed by atoms with van der Waals surface area (Å²) in [6, 6.07) is 12.5. The molecule has 1 amide bonds. The van der Waals surface area contributed by atoms with E-state index in [0.717, 1.165) is 44.1 Å². The normalized spacial score (nSPS) is 14.8. The van der Waals surface area contributed by atoms with E-state index in [-0.39, 0.29) is 11.3 Å². The molecular weight excluding hydrogens is 350 g/mol. The molecule has 1 N–H and O–H groups in total. The third kappa shape index (κ3) is 5.55. The summed E-state index contributed by atoms with van der Waals surface area (Å²) < 4.78 is 5.42. The van der Waals surface area contributed by atoms with Crippen molar-refractivity contribution in [1.29, 1.82) is 0 Å². The van der Waals surface area contributed by atoms with Crippen molar-refractivity contribution >= 4 is 11.7 Å². The molecule has 1 aromatic carbocycles. The number of anilines is 1. The molecule has 0 bridgehead atoms. The fourth-order valence-corrected chi connectivity index (χ4v) is 3.34. The molecular formula is C23H31N3O2. The van der Waals surface area contributed by atoms with Gasteiger partial charge in [-0.25, -0.2) is 4.98 Å². The summed E-state index contributed by atoms with van der Waals surface area (Å²) in [5, 5.41) is 3.05. The van der Waals surface area contributed by atoms with Crippen LogP contribution >= 0.6 is 0 Å². The first-order valence-corrected chi connectivity index (χ1v) is 10.1. The number of aromatic nitrogens is 1. The summed E-state index contributed by atoms with van der Waals surface area (Å²) >= 11 is 0. The Balaban J connectivity index is 1.51. The number of rotatable bonds is 6. The minimum absolute atomic E-state index is 0.0664. The highest BCUT2D eigenvalue weighted by Gasteiger charge is 2.16. The second kappa shape index (κ2) is 9.20. The van der Waals surface area contributed by atoms with Gasteiger partial charge in [-0.3, -0.25) is 4.79 Å². The van der Waals surface area contributed by atoms with Crippen molar-refractivity contribution in [3.8, 4) is 0 Å². The molecule has 5 heteroatoms. The van der Waals surface area contributed by atoms with E-state index >= 15 is 0 Å². The zero-order valence-electron chi connectivity index (χ0n) is 17.2. The number of nitrogens with zero attached hydrogens (tertiary/aromatic N) is 2. The van der Waals surface area contributed by atoms with Crippen molar-refractivity contribution in [2.24, 2.45) is 0 Å². The number of hydrogen-bond donors (Lipinski definition) is 1. The topological polar surface area (TPSA) is 54.5 Å². The predicted molar refractivity (Wildman–Crippen MR) is 113 cm³/mol. The van der Waals surface area contributed by atoms with Crippen LogP contribution in [0.15, 0.2) is 42.6 Å². The van der Waals surface area contributed by atoms with E-state index in [9.17, 15) is 4.79 Å². The molecule has 1 aliphatic rings. The van der Waals surface area contributed by atoms with Gasteiger partial charge in [-0.05, 0) is 29.0 Å². The van der Waals surface area contributed by atoms with E-state index in [1.807, 2.05) is 12.1 Å². The van der Waals surface area contributed by atoms with Crippen LogP contribution in [0.25, 0.3) is 0 Å². The number of morpholine rings is 1. The van der Waals surface area contributed by atoms with Crippen LogP contribution in [0.2, 0.25) is 0 Å². The lowest BCUT2D eigenvalue weighted by molar-refractivity contribution is -0.121. The van der Waals surface area contributed by atoms with E-state index in [2.05, 4.69) is 60.2 Å². The molecule has 28 heavy (non-hydrogen) atoms. The number of carbonyl (C=O) groups is 1. The first kappa shape index (κ1) is 20.3. The first-order valence-electron chi connectivity index (χ1n) is 10.1. The molecule has 1 aromatic heterocycles. The van der Waals surface area contributed by atoms with Crippen molar-refractivity contribution in [2.75, 3.05) is 31.2 Å². The van der Waals surface area contributed by atoms with E-state index < -0.39 is 0 Å². The van der Waals surface area contributed by atoms with Gasteiger partial charge >= 0.3 is 0 Å². The van der Waals surface area contributed by atoms with Crippen LogP contribution in [-0.4, -0.2) is 37.2 Å². The Labute approximate surface area is 168 Å². The second-order valence-corrected chi connectivity index (χ2v) is 8.31. The van der Waals surface area contributed by atoms with Crippen molar-refractivity contribution in [3.63, 3.8) is 0 Å². The van der Waals surface area contributed by atoms with Gasteiger partial charge in [0, 0.05) is 37.8 Å². The lowest BCUT2D eigenvalue weighted by Crippen LogP contribution is -2.37. The molecule has 0 radical (unpaired) electrons. The number of nitrogens with one attached hydrogen (secondary N) is 1. The maximum Gasteiger partial charge on any atom is 0.220 e. The van der Waals surface area contributed by atoms with Crippen LogP contribution in [0, 0.1) is 0 Å². The van der Waals surface area contributed by atoms with Crippen LogP contribution in [0.1, 0.15) is 43.9 Å². The molecule has 150 valence electrons. The Morgan fingerprint density at radius 3 is 2.54 bits per heavy atom. The molecule has 2 heterocycles. The van der Waals surface area contributed by atoms with Gasteiger partial charge in [-0.2, -0.15) is 0 Å². The van der Waals surface area contributed by atoms with Crippen LogP contribution in [-0.2, 0) is 27.9 Å². The average Bonchev–Trinajstić information content (AvgIpc) is 2.71. The molecule has 0 aliphatic carbocycles. The largest absolute Gasteiger partial charge is 0.378 e. The number of ether oxygens (including phenoxy) is 1. The van der Waals surface area contributed by atoms with Crippen LogP contribution in [0.4, 0.5) is 5.82 Å². The summed E-state index contributed by atoms with van der Waals surface area (Å²) in [6.07, 6.45) is 3.04. The molecule has 3 rings (SSSR count). The van der Waals surface area contributed by atoms with Gasteiger partial charge in [0.15, 0.2) is 0 Å². The standard InChI is InChI=1S/C23H31N3O2/c1-23(2,3)20-9-6-18(7-10-20)8-11-21(27)25-17-19-5-4-12-24-22(19)26-13-15-28-16-14-26/h4-7,9-10,12H,8,11,13-17H2,1-3H3,(H,25,27). The molecule has 0 unspecified atom stereocenters. The van der Waals surface area contributed by atoms with E-state index in [0.29, 0.717) is 13.0 Å². The van der Waals surface area contributed by atoms with Crippen LogP contribution in [0.5, 0.6) is 0 Å². The minimum Gasteiger partial charge on any atom is -0.378 e. The van der Waals surface area contributed by atoms with Gasteiger partial charge in [0.25, 0.3) is 0 Å². The highest BCUT2D eigenvalue weighted by Crippen LogP contribution is 2.22. The van der Waals surface area contributed by atoms with Gasteiger partial charge in [-0.15, -0.1) is 0 Å². The number of pyridine rings is 1. The lowest BCUT2D eigenvalue weighted by atomic mass is 9.86. The highest BCUT2D eigenvalue weighted by atomic mass is 16.5. The molecule has 1 aliphatic heterocycles. The lowest BCUT2D eigenvalue weighted by Gasteiger charge is -2.29. The summed E-state index contributed by atoms with van der Waals surface area (Å²) in [7, 11) is 0. The molecule has 5 nitrogen and oxygen atoms in total. The van der Waals surface area contributed by atoms with Crippen molar-refractivity contribution in [2.45, 2.75) is 45.6 Å². The Bertz CT molecular complexity index is 775. The number of amides is 1. The van der Waals surface area contributed by atoms with Crippen molar-refractivity contribution in [3.05, 3.63) is 59.3 Å². The molecule has 0 saturated carbocycles. The SMILES string of the molecule is CC(C)(C)c1ccc(CCC(=O)NCc2cccnc2N2CCOCC2)cc1. The number of carbonyl (C=O) groups excluding carboxylic acids is 1. The zero-order valence-corrected chi connectivity index (χ0v) is 17.2. The quantitative estimate of drug-likeness (QED) is 0.833. The fraction of sp³-hybridized carbons (Fsp3) is 0.478. The van der Waals surface area contributed by atoms with E-state index in [1.165, 1.54) is 11.1 Å². The molecule has 1 saturated heterocycles. The van der Waals surface area contributed by atoms with Gasteiger partial charge < -0.3 is 15.0 Å². The fourth-order valence-electron chi connectivity index (χ4n) is 3.34. The summed E-state index contributed by atoms with van der Waals surface area (Å²) in [6.45, 7) is 10.2. The summed E-state index contributed by atoms with van der Waals surface area (Å²) in [5.74, 6) is 1.01. The molecule has 1 fully saturated rings. The van der Waals surface area contributed by atoms with Crippen LogP contribution in [0.3, 0.4) is 0 Å². The summed E-state index contributed by atoms with van der Waals surface area (Å²) in [5.41, 5.74) is 3.70. The third-order valence-corrected chi connectivity index (χ3v) is 5.11. The maximum absolute atomic E-state index is 12.3. The third-order valence-electron chi connectivity index (χ3n) is 5.11. The molecule has 0 atom stereocenters. The maximum atomic E-state index is 12.3. The van der Waals surface area contributed by atoms with E-state index in [4.69, 9.17) is 4.74 Å². The number of hydrogen-bond acceptors (Lipinski definition) is 4. The van der Waals surface area contributed by atoms with Gasteiger partial charge in [-0.1, -0.05) is 51.1 Å². The summed E-state index contributed by atoms with van der Waals surface area (Å²) in [4.78, 5) is 19.1. The highest BCUT2D eigenvalue weighted by molar-refractivity contribution is 5.76. The van der Waals surface area contributed by atoms with Crippen molar-refractivity contribution < 1.29 is 9.53 Å². The molecule has 0 spiro atoms. The Kier molecular flexibility index (Phi) is 6.68. The van der Waals surface area contributed by atoms with Crippen molar-refractivity contribution in [1.82, 2.24) is 10.3 Å². The van der Waals surface area contributed by atoms with Crippen LogP contribution < -0.4 is 10.2 Å². The Morgan fingerprint density at radius 2 is 1.86 bits per heavy atom. The Hall–Kier alpha value is -2.40. The number of aryl methyl sites for hydroxylation is 1. The van der Waals surface area contributed by atoms with E-state index in [1.54, 1.807) is 6.20 Å². The number of benzene rings is 1. The monoisotopic (exact) mass is 381 g/mol. The first-order chi connectivity index (χ1) is 13.4. The second-order valence-electron chi connectivity index (χ2n) is 8.31. The smallest absolute Gasteiger partial charge is 0.220 e. The Morgan fingerprint density at radius 1 is 1.14 bits per heavy atom. The average molecular weight is 382 g/mol. The molecule has 2 aromatic rings. The minimum atomic E-state index is 0.0664. The van der Waals surface area contributed by atoms with Gasteiger partial charge in [0.1, 0.15) is 5.82 Å².